The Balaban J connectivity index is 1.97. The average molecular weight is 429 g/mol. The highest BCUT2D eigenvalue weighted by atomic mass is 32.1. The van der Waals surface area contributed by atoms with Gasteiger partial charge in [0.2, 0.25) is 0 Å². The number of fused-ring (bicyclic) bond motifs is 1. The van der Waals surface area contributed by atoms with Crippen molar-refractivity contribution in [3.05, 3.63) is 89.0 Å². The molecule has 0 spiro atoms. The maximum atomic E-state index is 13.5. The van der Waals surface area contributed by atoms with Gasteiger partial charge in [0.05, 0.1) is 28.5 Å². The Morgan fingerprint density at radius 1 is 1.31 bits per heavy atom. The van der Waals surface area contributed by atoms with Gasteiger partial charge in [-0.25, -0.2) is 14.2 Å². The lowest BCUT2D eigenvalue weighted by Crippen LogP contribution is -2.39. The molecule has 0 bridgehead atoms. The zero-order valence-corrected chi connectivity index (χ0v) is 17.3. The van der Waals surface area contributed by atoms with Crippen LogP contribution in [0.3, 0.4) is 0 Å². The second-order valence-corrected chi connectivity index (χ2v) is 8.20. The highest BCUT2D eigenvalue weighted by molar-refractivity contribution is 7.08. The number of allylic oxidation sites excluding steroid dienone is 1. The van der Waals surface area contributed by atoms with Crippen molar-refractivity contribution in [3.63, 3.8) is 0 Å². The summed E-state index contributed by atoms with van der Waals surface area (Å²) in [6, 6.07) is 6.98. The van der Waals surface area contributed by atoms with Crippen LogP contribution in [0.5, 0.6) is 0 Å². The van der Waals surface area contributed by atoms with Gasteiger partial charge in [0.15, 0.2) is 4.80 Å². The molecule has 0 aliphatic carbocycles. The number of carbonyl (C=O) groups excluding carboxylic acids is 1. The van der Waals surface area contributed by atoms with Gasteiger partial charge >= 0.3 is 5.97 Å². The van der Waals surface area contributed by atoms with Gasteiger partial charge in [0.1, 0.15) is 5.82 Å². The number of esters is 1. The lowest BCUT2D eigenvalue weighted by Gasteiger charge is -2.24. The predicted molar refractivity (Wildman–Crippen MR) is 111 cm³/mol. The van der Waals surface area contributed by atoms with E-state index in [-0.39, 0.29) is 17.7 Å². The Morgan fingerprint density at radius 2 is 2.07 bits per heavy atom. The highest BCUT2D eigenvalue weighted by Gasteiger charge is 2.33. The summed E-state index contributed by atoms with van der Waals surface area (Å²) in [7, 11) is 0. The SMILES string of the molecule is CCOC(=O)C1=C(C)N=c2sc(=Cc3ccsc3)c(=O)n2C1c1ccc(F)cc1. The Bertz CT molecular complexity index is 1270. The number of ether oxygens (including phenoxy) is 1. The number of aromatic nitrogens is 1. The largest absolute Gasteiger partial charge is 0.463 e. The Morgan fingerprint density at radius 3 is 2.72 bits per heavy atom. The van der Waals surface area contributed by atoms with Gasteiger partial charge in [-0.3, -0.25) is 9.36 Å². The van der Waals surface area contributed by atoms with E-state index in [1.54, 1.807) is 37.3 Å². The third-order valence-corrected chi connectivity index (χ3v) is 6.23. The molecule has 0 saturated carbocycles. The molecule has 0 fully saturated rings. The van der Waals surface area contributed by atoms with Gasteiger partial charge in [-0.05, 0) is 60.0 Å². The normalized spacial score (nSPS) is 16.5. The first-order valence-corrected chi connectivity index (χ1v) is 10.7. The molecule has 1 aromatic carbocycles. The van der Waals surface area contributed by atoms with Crippen LogP contribution < -0.4 is 14.9 Å². The molecule has 0 amide bonds. The van der Waals surface area contributed by atoms with Crippen LogP contribution in [-0.4, -0.2) is 17.1 Å². The Kier molecular flexibility index (Phi) is 5.29. The number of nitrogens with zero attached hydrogens (tertiary/aromatic N) is 2. The summed E-state index contributed by atoms with van der Waals surface area (Å²) in [6.45, 7) is 3.64. The molecule has 1 unspecified atom stereocenters. The van der Waals surface area contributed by atoms with E-state index in [0.29, 0.717) is 20.6 Å². The first-order chi connectivity index (χ1) is 14.0. The van der Waals surface area contributed by atoms with E-state index < -0.39 is 17.8 Å². The van der Waals surface area contributed by atoms with Crippen molar-refractivity contribution in [1.29, 1.82) is 0 Å². The summed E-state index contributed by atoms with van der Waals surface area (Å²) in [6.07, 6.45) is 1.81. The van der Waals surface area contributed by atoms with Gasteiger partial charge in [-0.2, -0.15) is 11.3 Å². The van der Waals surface area contributed by atoms with Crippen molar-refractivity contribution < 1.29 is 13.9 Å². The lowest BCUT2D eigenvalue weighted by molar-refractivity contribution is -0.139. The molecule has 8 heteroatoms. The molecule has 1 aliphatic rings. The maximum Gasteiger partial charge on any atom is 0.338 e. The van der Waals surface area contributed by atoms with Crippen molar-refractivity contribution >= 4 is 34.7 Å². The first-order valence-electron chi connectivity index (χ1n) is 8.97. The highest BCUT2D eigenvalue weighted by Crippen LogP contribution is 2.30. The van der Waals surface area contributed by atoms with E-state index >= 15 is 0 Å². The molecule has 0 N–H and O–H groups in total. The van der Waals surface area contributed by atoms with Gasteiger partial charge in [-0.1, -0.05) is 23.5 Å². The minimum Gasteiger partial charge on any atom is -0.463 e. The van der Waals surface area contributed by atoms with E-state index in [9.17, 15) is 14.0 Å². The molecular weight excluding hydrogens is 411 g/mol. The van der Waals surface area contributed by atoms with Crippen LogP contribution >= 0.6 is 22.7 Å². The van der Waals surface area contributed by atoms with E-state index in [0.717, 1.165) is 5.56 Å². The van der Waals surface area contributed by atoms with Crippen LogP contribution in [-0.2, 0) is 9.53 Å². The first kappa shape index (κ1) is 19.5. The molecule has 3 heterocycles. The van der Waals surface area contributed by atoms with Crippen molar-refractivity contribution in [2.24, 2.45) is 4.99 Å². The van der Waals surface area contributed by atoms with Crippen molar-refractivity contribution in [2.45, 2.75) is 19.9 Å². The summed E-state index contributed by atoms with van der Waals surface area (Å²) in [4.78, 5) is 31.0. The van der Waals surface area contributed by atoms with Crippen molar-refractivity contribution in [1.82, 2.24) is 4.57 Å². The number of halogens is 1. The number of thiazole rings is 1. The molecular formula is C21H17FN2O3S2. The monoisotopic (exact) mass is 428 g/mol. The van der Waals surface area contributed by atoms with Crippen molar-refractivity contribution in [2.75, 3.05) is 6.61 Å². The van der Waals surface area contributed by atoms with Crippen LogP contribution in [0.15, 0.2) is 62.1 Å². The summed E-state index contributed by atoms with van der Waals surface area (Å²) < 4.78 is 20.7. The van der Waals surface area contributed by atoms with Gasteiger partial charge in [0.25, 0.3) is 5.56 Å². The molecule has 148 valence electrons. The number of thiophene rings is 1. The maximum absolute atomic E-state index is 13.5. The van der Waals surface area contributed by atoms with Gasteiger partial charge < -0.3 is 4.74 Å². The Labute approximate surface area is 173 Å². The predicted octanol–water partition coefficient (Wildman–Crippen LogP) is 3.00. The smallest absolute Gasteiger partial charge is 0.338 e. The molecule has 1 aliphatic heterocycles. The molecule has 0 radical (unpaired) electrons. The average Bonchev–Trinajstić information content (AvgIpc) is 3.30. The van der Waals surface area contributed by atoms with Crippen LogP contribution in [0.25, 0.3) is 6.08 Å². The van der Waals surface area contributed by atoms with E-state index in [4.69, 9.17) is 4.74 Å². The number of benzene rings is 1. The van der Waals surface area contributed by atoms with E-state index in [1.807, 2.05) is 22.9 Å². The zero-order valence-electron chi connectivity index (χ0n) is 15.7. The number of hydrogen-bond acceptors (Lipinski definition) is 6. The fourth-order valence-corrected chi connectivity index (χ4v) is 4.93. The fraction of sp³-hybridized carbons (Fsp3) is 0.190. The standard InChI is InChI=1S/C21H17FN2O3S2/c1-3-27-20(26)17-12(2)23-21-24(18(17)14-4-6-15(22)7-5-14)19(25)16(29-21)10-13-8-9-28-11-13/h4-11,18H,3H2,1-2H3. The lowest BCUT2D eigenvalue weighted by atomic mass is 9.96. The second-order valence-electron chi connectivity index (χ2n) is 6.41. The third-order valence-electron chi connectivity index (χ3n) is 4.54. The summed E-state index contributed by atoms with van der Waals surface area (Å²) in [5, 5.41) is 3.89. The molecule has 29 heavy (non-hydrogen) atoms. The number of rotatable bonds is 4. The van der Waals surface area contributed by atoms with Gasteiger partial charge in [0, 0.05) is 0 Å². The van der Waals surface area contributed by atoms with E-state index in [2.05, 4.69) is 4.99 Å². The molecule has 4 rings (SSSR count). The zero-order chi connectivity index (χ0) is 20.5. The molecule has 3 aromatic rings. The Hall–Kier alpha value is -2.84. The minimum atomic E-state index is -0.726. The molecule has 0 saturated heterocycles. The third kappa shape index (κ3) is 3.61. The molecule has 5 nitrogen and oxygen atoms in total. The van der Waals surface area contributed by atoms with E-state index in [1.165, 1.54) is 28.0 Å². The van der Waals surface area contributed by atoms with Gasteiger partial charge in [-0.15, -0.1) is 0 Å². The van der Waals surface area contributed by atoms with Crippen LogP contribution in [0.1, 0.15) is 31.0 Å². The minimum absolute atomic E-state index is 0.203. The second kappa shape index (κ2) is 7.88. The summed E-state index contributed by atoms with van der Waals surface area (Å²) in [5.74, 6) is -0.924. The number of carbonyl (C=O) groups is 1. The molecule has 2 aromatic heterocycles. The summed E-state index contributed by atoms with van der Waals surface area (Å²) in [5.41, 5.74) is 2.07. The quantitative estimate of drug-likeness (QED) is 0.601. The molecule has 1 atom stereocenters. The van der Waals surface area contributed by atoms with Crippen LogP contribution in [0.4, 0.5) is 4.39 Å². The summed E-state index contributed by atoms with van der Waals surface area (Å²) >= 11 is 2.81. The van der Waals surface area contributed by atoms with Crippen LogP contribution in [0, 0.1) is 5.82 Å². The van der Waals surface area contributed by atoms with Crippen LogP contribution in [0.2, 0.25) is 0 Å². The van der Waals surface area contributed by atoms with Crippen molar-refractivity contribution in [3.8, 4) is 0 Å². The number of hydrogen-bond donors (Lipinski definition) is 0. The topological polar surface area (TPSA) is 60.7 Å². The fourth-order valence-electron chi connectivity index (χ4n) is 3.26.